The maximum absolute atomic E-state index is 4.96. The Hall–Kier alpha value is -1.97. The van der Waals surface area contributed by atoms with Crippen molar-refractivity contribution in [1.29, 1.82) is 0 Å². The number of hydrazone groups is 2. The summed E-state index contributed by atoms with van der Waals surface area (Å²) in [4.78, 5) is 3.98. The van der Waals surface area contributed by atoms with Gasteiger partial charge in [0, 0.05) is 25.9 Å². The first kappa shape index (κ1) is 21.0. The minimum Gasteiger partial charge on any atom is -0.364 e. The lowest BCUT2D eigenvalue weighted by atomic mass is 10.1. The highest BCUT2D eigenvalue weighted by Gasteiger charge is 2.06. The van der Waals surface area contributed by atoms with Crippen LogP contribution >= 0.6 is 24.4 Å². The Morgan fingerprint density at radius 1 is 1.22 bits per heavy atom. The van der Waals surface area contributed by atoms with E-state index < -0.39 is 0 Å². The molecule has 0 unspecified atom stereocenters. The molecule has 4 N–H and O–H groups in total. The number of nitrogens with zero attached hydrogens (tertiary/aromatic N) is 3. The fraction of sp³-hybridized carbons (Fsp3) is 0.357. The van der Waals surface area contributed by atoms with Gasteiger partial charge >= 0.3 is 0 Å². The molecule has 0 aliphatic carbocycles. The zero-order valence-corrected chi connectivity index (χ0v) is 15.4. The van der Waals surface area contributed by atoms with Gasteiger partial charge in [-0.3, -0.25) is 15.8 Å². The van der Waals surface area contributed by atoms with Gasteiger partial charge in [0.25, 0.3) is 0 Å². The van der Waals surface area contributed by atoms with Crippen LogP contribution in [-0.2, 0) is 6.42 Å². The van der Waals surface area contributed by atoms with Gasteiger partial charge in [-0.05, 0) is 50.9 Å². The Morgan fingerprint density at radius 3 is 2.35 bits per heavy atom. The van der Waals surface area contributed by atoms with Gasteiger partial charge in [0.1, 0.15) is 0 Å². The highest BCUT2D eigenvalue weighted by molar-refractivity contribution is 7.80. The van der Waals surface area contributed by atoms with Gasteiger partial charge in [0.15, 0.2) is 5.11 Å². The molecule has 1 aromatic rings. The van der Waals surface area contributed by atoms with Crippen molar-refractivity contribution in [1.82, 2.24) is 26.5 Å². The van der Waals surface area contributed by atoms with Crippen LogP contribution in [0.1, 0.15) is 12.5 Å². The second-order valence-corrected chi connectivity index (χ2v) is 4.87. The first-order valence-electron chi connectivity index (χ1n) is 6.84. The second-order valence-electron chi connectivity index (χ2n) is 4.23. The van der Waals surface area contributed by atoms with Gasteiger partial charge in [0.2, 0.25) is 0 Å². The zero-order chi connectivity index (χ0) is 17.5. The number of nitrogens with one attached hydrogen (secondary N) is 4. The van der Waals surface area contributed by atoms with E-state index in [4.69, 9.17) is 24.4 Å². The van der Waals surface area contributed by atoms with E-state index in [1.807, 2.05) is 33.2 Å². The molecule has 0 radical (unpaired) electrons. The van der Waals surface area contributed by atoms with Crippen molar-refractivity contribution in [3.05, 3.63) is 30.1 Å². The molecule has 0 aromatic carbocycles. The van der Waals surface area contributed by atoms with Crippen LogP contribution in [0.3, 0.4) is 0 Å². The standard InChI is InChI=1S/C12H16N6S2.C2H7N/c1-9(16-18-12(20)13-2)11(17-15-8-19)7-10-3-5-14-6-4-10;1-3-2/h3-6,8H,7H2,1-2H3,(H,15,19)(H2,13,18,20);3H,1-2H3/b16-9+,17-11-;. The third-order valence-electron chi connectivity index (χ3n) is 2.34. The highest BCUT2D eigenvalue weighted by atomic mass is 32.1. The van der Waals surface area contributed by atoms with Crippen LogP contribution < -0.4 is 21.5 Å². The number of aromatic nitrogens is 1. The van der Waals surface area contributed by atoms with Crippen molar-refractivity contribution >= 4 is 46.5 Å². The summed E-state index contributed by atoms with van der Waals surface area (Å²) in [6, 6.07) is 3.84. The van der Waals surface area contributed by atoms with Crippen molar-refractivity contribution in [2.24, 2.45) is 10.2 Å². The molecule has 1 heterocycles. The highest BCUT2D eigenvalue weighted by Crippen LogP contribution is 2.00. The molecule has 0 saturated carbocycles. The Balaban J connectivity index is 0.00000149. The topological polar surface area (TPSA) is 85.7 Å². The summed E-state index contributed by atoms with van der Waals surface area (Å²) < 4.78 is 0. The predicted molar refractivity (Wildman–Crippen MR) is 105 cm³/mol. The third kappa shape index (κ3) is 10.4. The van der Waals surface area contributed by atoms with E-state index in [2.05, 4.69) is 36.7 Å². The van der Waals surface area contributed by atoms with Gasteiger partial charge in [-0.2, -0.15) is 10.2 Å². The smallest absolute Gasteiger partial charge is 0.186 e. The molecule has 0 aliphatic heterocycles. The summed E-state index contributed by atoms with van der Waals surface area (Å²) in [5.41, 5.74) is 9.27. The van der Waals surface area contributed by atoms with Crippen LogP contribution in [-0.4, -0.2) is 48.2 Å². The molecule has 0 fully saturated rings. The molecular weight excluding hydrogens is 330 g/mol. The molecule has 9 heteroatoms. The fourth-order valence-electron chi connectivity index (χ4n) is 1.30. The molecule has 23 heavy (non-hydrogen) atoms. The average Bonchev–Trinajstić information content (AvgIpc) is 2.57. The van der Waals surface area contributed by atoms with Crippen molar-refractivity contribution in [3.63, 3.8) is 0 Å². The number of hydrogen-bond donors (Lipinski definition) is 4. The number of rotatable bonds is 6. The minimum atomic E-state index is 0.440. The Kier molecular flexibility index (Phi) is 12.5. The molecule has 0 amide bonds. The molecule has 0 spiro atoms. The molecule has 7 nitrogen and oxygen atoms in total. The summed E-state index contributed by atoms with van der Waals surface area (Å²) >= 11 is 9.67. The summed E-state index contributed by atoms with van der Waals surface area (Å²) in [6.45, 7) is 1.84. The molecule has 0 saturated heterocycles. The van der Waals surface area contributed by atoms with E-state index in [-0.39, 0.29) is 0 Å². The maximum atomic E-state index is 4.96. The van der Waals surface area contributed by atoms with Crippen LogP contribution in [0, 0.1) is 0 Å². The number of hydrogen-bond acceptors (Lipinski definition) is 6. The van der Waals surface area contributed by atoms with Gasteiger partial charge in [-0.1, -0.05) is 12.2 Å². The second kappa shape index (κ2) is 13.7. The molecular formula is C14H23N7S2. The van der Waals surface area contributed by atoms with Crippen LogP contribution in [0.4, 0.5) is 0 Å². The normalized spacial score (nSPS) is 11.0. The summed E-state index contributed by atoms with van der Waals surface area (Å²) in [7, 11) is 5.47. The molecule has 1 aromatic heterocycles. The summed E-state index contributed by atoms with van der Waals surface area (Å²) in [5, 5.41) is 14.3. The fourth-order valence-corrected chi connectivity index (χ4v) is 1.40. The van der Waals surface area contributed by atoms with Crippen LogP contribution in [0.25, 0.3) is 0 Å². The largest absolute Gasteiger partial charge is 0.364 e. The van der Waals surface area contributed by atoms with E-state index in [1.165, 1.54) is 5.49 Å². The lowest BCUT2D eigenvalue weighted by Crippen LogP contribution is -2.30. The van der Waals surface area contributed by atoms with Crippen LogP contribution in [0.5, 0.6) is 0 Å². The summed E-state index contributed by atoms with van der Waals surface area (Å²) in [6.07, 6.45) is 4.09. The van der Waals surface area contributed by atoms with Crippen LogP contribution in [0.2, 0.25) is 0 Å². The van der Waals surface area contributed by atoms with E-state index in [1.54, 1.807) is 19.4 Å². The van der Waals surface area contributed by atoms with Gasteiger partial charge < -0.3 is 10.6 Å². The van der Waals surface area contributed by atoms with E-state index in [0.29, 0.717) is 17.2 Å². The molecule has 126 valence electrons. The molecule has 0 bridgehead atoms. The molecule has 0 aliphatic rings. The van der Waals surface area contributed by atoms with Gasteiger partial charge in [0.05, 0.1) is 16.9 Å². The van der Waals surface area contributed by atoms with Crippen molar-refractivity contribution < 1.29 is 0 Å². The van der Waals surface area contributed by atoms with Gasteiger partial charge in [-0.25, -0.2) is 0 Å². The zero-order valence-electron chi connectivity index (χ0n) is 13.8. The number of thiocarbonyl (C=S) groups is 2. The van der Waals surface area contributed by atoms with Crippen LogP contribution in [0.15, 0.2) is 34.7 Å². The molecule has 1 rings (SSSR count). The Morgan fingerprint density at radius 2 is 1.83 bits per heavy atom. The Bertz CT molecular complexity index is 529. The first-order valence-corrected chi connectivity index (χ1v) is 7.72. The first-order chi connectivity index (χ1) is 11.1. The predicted octanol–water partition coefficient (Wildman–Crippen LogP) is 0.832. The van der Waals surface area contributed by atoms with E-state index >= 15 is 0 Å². The molecule has 0 atom stereocenters. The maximum Gasteiger partial charge on any atom is 0.186 e. The van der Waals surface area contributed by atoms with E-state index in [0.717, 1.165) is 11.3 Å². The average molecular weight is 354 g/mol. The van der Waals surface area contributed by atoms with Crippen molar-refractivity contribution in [2.75, 3.05) is 21.1 Å². The number of pyridine rings is 1. The van der Waals surface area contributed by atoms with E-state index in [9.17, 15) is 0 Å². The lowest BCUT2D eigenvalue weighted by Gasteiger charge is -2.07. The monoisotopic (exact) mass is 353 g/mol. The SMILES string of the molecule is CNC.CNC(=S)N/N=C(C)/C(Cc1ccncc1)=N\NC=S. The van der Waals surface area contributed by atoms with Gasteiger partial charge in [-0.15, -0.1) is 0 Å². The quantitative estimate of drug-likeness (QED) is 0.342. The van der Waals surface area contributed by atoms with Crippen molar-refractivity contribution in [3.8, 4) is 0 Å². The van der Waals surface area contributed by atoms with Crippen molar-refractivity contribution in [2.45, 2.75) is 13.3 Å². The summed E-state index contributed by atoms with van der Waals surface area (Å²) in [5.74, 6) is 0. The Labute approximate surface area is 148 Å². The third-order valence-corrected chi connectivity index (χ3v) is 2.74. The lowest BCUT2D eigenvalue weighted by molar-refractivity contribution is 0.973. The minimum absolute atomic E-state index is 0.440.